The molecule has 0 saturated carbocycles. The Labute approximate surface area is 181 Å². The van der Waals surface area contributed by atoms with Crippen molar-refractivity contribution in [3.8, 4) is 0 Å². The van der Waals surface area contributed by atoms with Gasteiger partial charge in [0.2, 0.25) is 0 Å². The van der Waals surface area contributed by atoms with Crippen LogP contribution in [-0.2, 0) is 19.3 Å². The molecule has 30 heavy (non-hydrogen) atoms. The first-order valence-electron chi connectivity index (χ1n) is 11.5. The number of fused-ring (bicyclic) bond motifs is 2. The molecule has 0 aromatic heterocycles. The molecule has 0 heteroatoms. The molecule has 0 bridgehead atoms. The molecule has 0 radical (unpaired) electrons. The van der Waals surface area contributed by atoms with Crippen LogP contribution >= 0.6 is 0 Å². The summed E-state index contributed by atoms with van der Waals surface area (Å²) in [6, 6.07) is 22.7. The summed E-state index contributed by atoms with van der Waals surface area (Å²) in [5.41, 5.74) is 13.9. The van der Waals surface area contributed by atoms with Crippen molar-refractivity contribution >= 4 is 6.08 Å². The standard InChI is InChI=1S/C30H32/c1-5-29-27-15-20(2)21(3)22(4)28(27)19-30(29,18-23-11-7-6-8-12-23)26-16-24-13-9-10-14-25(24)17-26/h6-16,29H,5,17-19H2,1-4H3. The number of allylic oxidation sites excluding steroid dienone is 1. The zero-order valence-corrected chi connectivity index (χ0v) is 18.8. The van der Waals surface area contributed by atoms with E-state index in [1.807, 2.05) is 0 Å². The third kappa shape index (κ3) is 2.88. The van der Waals surface area contributed by atoms with Crippen molar-refractivity contribution in [1.82, 2.24) is 0 Å². The Bertz CT molecular complexity index is 1130. The topological polar surface area (TPSA) is 0 Å². The maximum Gasteiger partial charge on any atom is 0.00680 e. The van der Waals surface area contributed by atoms with Gasteiger partial charge < -0.3 is 0 Å². The molecule has 0 heterocycles. The molecule has 2 atom stereocenters. The Kier molecular flexibility index (Phi) is 4.69. The van der Waals surface area contributed by atoms with Crippen LogP contribution in [0.5, 0.6) is 0 Å². The fourth-order valence-corrected chi connectivity index (χ4v) is 6.26. The number of rotatable bonds is 4. The van der Waals surface area contributed by atoms with E-state index in [0.29, 0.717) is 5.92 Å². The Morgan fingerprint density at radius 1 is 0.900 bits per heavy atom. The molecule has 0 aliphatic heterocycles. The summed E-state index contributed by atoms with van der Waals surface area (Å²) in [6.07, 6.45) is 7.11. The molecule has 2 aliphatic rings. The molecule has 3 aromatic rings. The maximum atomic E-state index is 2.53. The quantitative estimate of drug-likeness (QED) is 0.430. The molecule has 5 rings (SSSR count). The summed E-state index contributed by atoms with van der Waals surface area (Å²) in [5, 5.41) is 0. The Morgan fingerprint density at radius 2 is 1.63 bits per heavy atom. The van der Waals surface area contributed by atoms with Gasteiger partial charge in [-0.05, 0) is 96.9 Å². The minimum absolute atomic E-state index is 0.169. The van der Waals surface area contributed by atoms with Crippen LogP contribution in [0.1, 0.15) is 63.8 Å². The lowest BCUT2D eigenvalue weighted by atomic mass is 9.65. The molecule has 0 saturated heterocycles. The van der Waals surface area contributed by atoms with Gasteiger partial charge in [0, 0.05) is 5.41 Å². The van der Waals surface area contributed by atoms with Gasteiger partial charge in [0.05, 0.1) is 0 Å². The molecule has 3 aromatic carbocycles. The van der Waals surface area contributed by atoms with Crippen LogP contribution in [0.4, 0.5) is 0 Å². The normalized spacial score (nSPS) is 22.0. The maximum absolute atomic E-state index is 2.53. The van der Waals surface area contributed by atoms with Crippen LogP contribution in [0.2, 0.25) is 0 Å². The summed E-state index contributed by atoms with van der Waals surface area (Å²) in [5.74, 6) is 0.575. The third-order valence-electron chi connectivity index (χ3n) is 8.04. The Balaban J connectivity index is 1.69. The number of aryl methyl sites for hydroxylation is 1. The molecule has 0 amide bonds. The minimum Gasteiger partial charge on any atom is -0.0648 e. The zero-order valence-electron chi connectivity index (χ0n) is 18.8. The molecule has 152 valence electrons. The first-order chi connectivity index (χ1) is 14.5. The van der Waals surface area contributed by atoms with E-state index in [1.54, 1.807) is 16.7 Å². The van der Waals surface area contributed by atoms with Crippen LogP contribution in [0, 0.1) is 26.2 Å². The van der Waals surface area contributed by atoms with Crippen molar-refractivity contribution in [2.75, 3.05) is 0 Å². The molecule has 0 fully saturated rings. The molecule has 0 N–H and O–H groups in total. The van der Waals surface area contributed by atoms with Crippen molar-refractivity contribution in [3.63, 3.8) is 0 Å². The summed E-state index contributed by atoms with van der Waals surface area (Å²) in [4.78, 5) is 0. The molecule has 0 spiro atoms. The third-order valence-corrected chi connectivity index (χ3v) is 8.04. The SMILES string of the molecule is CCC1c2cc(C)c(C)c(C)c2CC1(Cc1ccccc1)C1=Cc2ccccc2C1. The summed E-state index contributed by atoms with van der Waals surface area (Å²) < 4.78 is 0. The van der Waals surface area contributed by atoms with E-state index in [-0.39, 0.29) is 5.41 Å². The van der Waals surface area contributed by atoms with E-state index in [4.69, 9.17) is 0 Å². The van der Waals surface area contributed by atoms with Gasteiger partial charge in [0.1, 0.15) is 0 Å². The average Bonchev–Trinajstić information content (AvgIpc) is 3.33. The number of hydrogen-bond acceptors (Lipinski definition) is 0. The largest absolute Gasteiger partial charge is 0.0648 e. The van der Waals surface area contributed by atoms with Gasteiger partial charge in [-0.3, -0.25) is 0 Å². The molecule has 0 nitrogen and oxygen atoms in total. The van der Waals surface area contributed by atoms with Gasteiger partial charge in [-0.1, -0.05) is 79.2 Å². The van der Waals surface area contributed by atoms with E-state index in [9.17, 15) is 0 Å². The smallest absolute Gasteiger partial charge is 0.00680 e. The fraction of sp³-hybridized carbons (Fsp3) is 0.333. The lowest BCUT2D eigenvalue weighted by Crippen LogP contribution is -2.31. The van der Waals surface area contributed by atoms with Crippen LogP contribution in [-0.4, -0.2) is 0 Å². The molecular formula is C30H32. The van der Waals surface area contributed by atoms with Gasteiger partial charge in [0.15, 0.2) is 0 Å². The highest BCUT2D eigenvalue weighted by atomic mass is 14.5. The van der Waals surface area contributed by atoms with Crippen molar-refractivity contribution in [2.45, 2.75) is 59.3 Å². The highest BCUT2D eigenvalue weighted by Gasteiger charge is 2.49. The van der Waals surface area contributed by atoms with Crippen LogP contribution in [0.3, 0.4) is 0 Å². The molecule has 2 unspecified atom stereocenters. The highest BCUT2D eigenvalue weighted by molar-refractivity contribution is 5.67. The van der Waals surface area contributed by atoms with E-state index < -0.39 is 0 Å². The second-order valence-corrected chi connectivity index (χ2v) is 9.51. The van der Waals surface area contributed by atoms with Gasteiger partial charge in [-0.25, -0.2) is 0 Å². The number of hydrogen-bond donors (Lipinski definition) is 0. The van der Waals surface area contributed by atoms with Crippen LogP contribution in [0.25, 0.3) is 6.08 Å². The van der Waals surface area contributed by atoms with Crippen LogP contribution < -0.4 is 0 Å². The van der Waals surface area contributed by atoms with Gasteiger partial charge in [-0.15, -0.1) is 0 Å². The predicted molar refractivity (Wildman–Crippen MR) is 128 cm³/mol. The molecule has 2 aliphatic carbocycles. The highest BCUT2D eigenvalue weighted by Crippen LogP contribution is 2.58. The number of benzene rings is 3. The van der Waals surface area contributed by atoms with Crippen molar-refractivity contribution in [1.29, 1.82) is 0 Å². The van der Waals surface area contributed by atoms with Crippen molar-refractivity contribution in [3.05, 3.63) is 111 Å². The fourth-order valence-electron chi connectivity index (χ4n) is 6.26. The average molecular weight is 393 g/mol. The summed E-state index contributed by atoms with van der Waals surface area (Å²) in [7, 11) is 0. The van der Waals surface area contributed by atoms with Crippen molar-refractivity contribution in [2.24, 2.45) is 5.41 Å². The van der Waals surface area contributed by atoms with E-state index in [1.165, 1.54) is 46.2 Å². The van der Waals surface area contributed by atoms with Gasteiger partial charge >= 0.3 is 0 Å². The van der Waals surface area contributed by atoms with Crippen LogP contribution in [0.15, 0.2) is 66.2 Å². The minimum atomic E-state index is 0.169. The summed E-state index contributed by atoms with van der Waals surface area (Å²) in [6.45, 7) is 9.34. The van der Waals surface area contributed by atoms with Crippen molar-refractivity contribution < 1.29 is 0 Å². The lowest BCUT2D eigenvalue weighted by Gasteiger charge is -2.38. The first-order valence-corrected chi connectivity index (χ1v) is 11.5. The molecular weight excluding hydrogens is 360 g/mol. The lowest BCUT2D eigenvalue weighted by molar-refractivity contribution is 0.292. The Hall–Kier alpha value is -2.60. The second-order valence-electron chi connectivity index (χ2n) is 9.51. The first kappa shape index (κ1) is 19.4. The van der Waals surface area contributed by atoms with Gasteiger partial charge in [0.25, 0.3) is 0 Å². The summed E-state index contributed by atoms with van der Waals surface area (Å²) >= 11 is 0. The predicted octanol–water partition coefficient (Wildman–Crippen LogP) is 7.53. The van der Waals surface area contributed by atoms with E-state index in [0.717, 1.165) is 12.8 Å². The zero-order chi connectivity index (χ0) is 20.9. The van der Waals surface area contributed by atoms with Gasteiger partial charge in [-0.2, -0.15) is 0 Å². The van der Waals surface area contributed by atoms with E-state index in [2.05, 4.69) is 94.4 Å². The second kappa shape index (κ2) is 7.27. The van der Waals surface area contributed by atoms with E-state index >= 15 is 0 Å². The monoisotopic (exact) mass is 392 g/mol. The Morgan fingerprint density at radius 3 is 2.37 bits per heavy atom.